The lowest BCUT2D eigenvalue weighted by Gasteiger charge is -2.18. The number of fused-ring (bicyclic) bond motifs is 1. The molecule has 0 spiro atoms. The first-order chi connectivity index (χ1) is 9.85. The van der Waals surface area contributed by atoms with Crippen LogP contribution in [0.5, 0.6) is 11.5 Å². The lowest BCUT2D eigenvalue weighted by Crippen LogP contribution is -2.23. The zero-order valence-corrected chi connectivity index (χ0v) is 12.8. The number of hydrogen-bond acceptors (Lipinski definition) is 4. The SMILES string of the molecule is COc1ccc(COc2ccc3c(c2)CNCC3)nc1.Cl. The fourth-order valence-electron chi connectivity index (χ4n) is 2.32. The topological polar surface area (TPSA) is 43.4 Å². The Morgan fingerprint density at radius 2 is 2.00 bits per heavy atom. The molecule has 0 unspecified atom stereocenters. The Morgan fingerprint density at radius 1 is 1.14 bits per heavy atom. The summed E-state index contributed by atoms with van der Waals surface area (Å²) in [4.78, 5) is 4.29. The predicted molar refractivity (Wildman–Crippen MR) is 84.2 cm³/mol. The van der Waals surface area contributed by atoms with Crippen molar-refractivity contribution in [3.05, 3.63) is 53.3 Å². The fourth-order valence-corrected chi connectivity index (χ4v) is 2.32. The average Bonchev–Trinajstić information content (AvgIpc) is 2.53. The van der Waals surface area contributed by atoms with Crippen molar-refractivity contribution in [2.45, 2.75) is 19.6 Å². The molecule has 4 nitrogen and oxygen atoms in total. The molecule has 1 N–H and O–H groups in total. The summed E-state index contributed by atoms with van der Waals surface area (Å²) in [5.41, 5.74) is 3.64. The Morgan fingerprint density at radius 3 is 2.76 bits per heavy atom. The maximum Gasteiger partial charge on any atom is 0.137 e. The van der Waals surface area contributed by atoms with Crippen molar-refractivity contribution >= 4 is 12.4 Å². The number of aromatic nitrogens is 1. The number of nitrogens with zero attached hydrogens (tertiary/aromatic N) is 1. The van der Waals surface area contributed by atoms with Crippen LogP contribution in [0.1, 0.15) is 16.8 Å². The zero-order valence-electron chi connectivity index (χ0n) is 12.0. The molecule has 0 radical (unpaired) electrons. The van der Waals surface area contributed by atoms with Crippen molar-refractivity contribution in [3.63, 3.8) is 0 Å². The fraction of sp³-hybridized carbons (Fsp3) is 0.312. The first-order valence-corrected chi connectivity index (χ1v) is 6.79. The molecule has 3 rings (SSSR count). The second-order valence-electron chi connectivity index (χ2n) is 4.84. The molecule has 0 amide bonds. The molecule has 0 atom stereocenters. The second kappa shape index (κ2) is 7.29. The quantitative estimate of drug-likeness (QED) is 0.943. The van der Waals surface area contributed by atoms with Gasteiger partial charge in [-0.25, -0.2) is 0 Å². The number of pyridine rings is 1. The molecule has 0 aliphatic carbocycles. The van der Waals surface area contributed by atoms with E-state index >= 15 is 0 Å². The Hall–Kier alpha value is -1.78. The third-order valence-corrected chi connectivity index (χ3v) is 3.48. The van der Waals surface area contributed by atoms with Gasteiger partial charge in [-0.1, -0.05) is 6.07 Å². The number of halogens is 1. The van der Waals surface area contributed by atoms with Crippen molar-refractivity contribution in [1.82, 2.24) is 10.3 Å². The maximum atomic E-state index is 5.80. The molecule has 21 heavy (non-hydrogen) atoms. The summed E-state index contributed by atoms with van der Waals surface area (Å²) in [6.45, 7) is 2.45. The van der Waals surface area contributed by atoms with Crippen molar-refractivity contribution in [2.75, 3.05) is 13.7 Å². The van der Waals surface area contributed by atoms with E-state index in [0.29, 0.717) is 6.61 Å². The molecule has 1 aromatic heterocycles. The Kier molecular flexibility index (Phi) is 5.42. The van der Waals surface area contributed by atoms with Crippen LogP contribution in [0.15, 0.2) is 36.5 Å². The van der Waals surface area contributed by atoms with Crippen molar-refractivity contribution in [1.29, 1.82) is 0 Å². The highest BCUT2D eigenvalue weighted by molar-refractivity contribution is 5.85. The van der Waals surface area contributed by atoms with Gasteiger partial charge in [0.05, 0.1) is 19.0 Å². The molecule has 2 aromatic rings. The lowest BCUT2D eigenvalue weighted by atomic mass is 10.0. The average molecular weight is 307 g/mol. The molecule has 2 heterocycles. The lowest BCUT2D eigenvalue weighted by molar-refractivity contribution is 0.300. The number of rotatable bonds is 4. The van der Waals surface area contributed by atoms with E-state index in [1.807, 2.05) is 18.2 Å². The van der Waals surface area contributed by atoms with Crippen LogP contribution < -0.4 is 14.8 Å². The van der Waals surface area contributed by atoms with Crippen LogP contribution in [-0.4, -0.2) is 18.6 Å². The number of hydrogen-bond donors (Lipinski definition) is 1. The summed E-state index contributed by atoms with van der Waals surface area (Å²) >= 11 is 0. The molecule has 5 heteroatoms. The van der Waals surface area contributed by atoms with Gasteiger partial charge in [-0.3, -0.25) is 4.98 Å². The van der Waals surface area contributed by atoms with Gasteiger partial charge in [0.25, 0.3) is 0 Å². The minimum Gasteiger partial charge on any atom is -0.495 e. The van der Waals surface area contributed by atoms with E-state index < -0.39 is 0 Å². The smallest absolute Gasteiger partial charge is 0.137 e. The molecular weight excluding hydrogens is 288 g/mol. The van der Waals surface area contributed by atoms with Gasteiger partial charge in [-0.15, -0.1) is 12.4 Å². The number of ether oxygens (including phenoxy) is 2. The second-order valence-corrected chi connectivity index (χ2v) is 4.84. The highest BCUT2D eigenvalue weighted by Crippen LogP contribution is 2.21. The van der Waals surface area contributed by atoms with Gasteiger partial charge in [0.1, 0.15) is 18.1 Å². The van der Waals surface area contributed by atoms with E-state index in [4.69, 9.17) is 9.47 Å². The van der Waals surface area contributed by atoms with Gasteiger partial charge >= 0.3 is 0 Å². The molecule has 1 aliphatic heterocycles. The summed E-state index contributed by atoms with van der Waals surface area (Å²) in [6, 6.07) is 10.1. The predicted octanol–water partition coefficient (Wildman–Crippen LogP) is 2.74. The van der Waals surface area contributed by atoms with Crippen LogP contribution in [0, 0.1) is 0 Å². The van der Waals surface area contributed by atoms with E-state index in [1.54, 1.807) is 13.3 Å². The third kappa shape index (κ3) is 3.86. The van der Waals surface area contributed by atoms with Crippen LogP contribution in [0.25, 0.3) is 0 Å². The van der Waals surface area contributed by atoms with Gasteiger partial charge in [0.15, 0.2) is 0 Å². The van der Waals surface area contributed by atoms with Gasteiger partial charge in [0.2, 0.25) is 0 Å². The van der Waals surface area contributed by atoms with Gasteiger partial charge < -0.3 is 14.8 Å². The molecule has 112 valence electrons. The Balaban J connectivity index is 0.00000161. The molecule has 1 aliphatic rings. The zero-order chi connectivity index (χ0) is 13.8. The van der Waals surface area contributed by atoms with E-state index in [1.165, 1.54) is 11.1 Å². The Labute approximate surface area is 130 Å². The van der Waals surface area contributed by atoms with Gasteiger partial charge in [-0.05, 0) is 48.4 Å². The first kappa shape index (κ1) is 15.6. The summed E-state index contributed by atoms with van der Waals surface area (Å²) < 4.78 is 10.9. The van der Waals surface area contributed by atoms with E-state index in [2.05, 4.69) is 22.4 Å². The van der Waals surface area contributed by atoms with Crippen LogP contribution >= 0.6 is 12.4 Å². The summed E-state index contributed by atoms with van der Waals surface area (Å²) in [5, 5.41) is 3.37. The molecule has 1 aromatic carbocycles. The minimum absolute atomic E-state index is 0. The highest BCUT2D eigenvalue weighted by atomic mass is 35.5. The molecule has 0 saturated heterocycles. The molecule has 0 fully saturated rings. The van der Waals surface area contributed by atoms with Gasteiger partial charge in [-0.2, -0.15) is 0 Å². The van der Waals surface area contributed by atoms with Crippen molar-refractivity contribution in [3.8, 4) is 11.5 Å². The number of methoxy groups -OCH3 is 1. The van der Waals surface area contributed by atoms with Crippen LogP contribution in [0.4, 0.5) is 0 Å². The standard InChI is InChI=1S/C16H18N2O2.ClH/c1-19-16-5-3-14(18-10-16)11-20-15-4-2-12-6-7-17-9-13(12)8-15;/h2-5,8,10,17H,6-7,9,11H2,1H3;1H. The molecule has 0 bridgehead atoms. The van der Waals surface area contributed by atoms with Crippen LogP contribution in [-0.2, 0) is 19.6 Å². The van der Waals surface area contributed by atoms with E-state index in [9.17, 15) is 0 Å². The summed E-state index contributed by atoms with van der Waals surface area (Å²) in [5.74, 6) is 1.65. The third-order valence-electron chi connectivity index (χ3n) is 3.48. The minimum atomic E-state index is 0. The van der Waals surface area contributed by atoms with E-state index in [0.717, 1.165) is 36.7 Å². The van der Waals surface area contributed by atoms with Gasteiger partial charge in [0, 0.05) is 6.54 Å². The first-order valence-electron chi connectivity index (χ1n) is 6.79. The van der Waals surface area contributed by atoms with Crippen LogP contribution in [0.3, 0.4) is 0 Å². The van der Waals surface area contributed by atoms with Crippen molar-refractivity contribution in [2.24, 2.45) is 0 Å². The maximum absolute atomic E-state index is 5.80. The molecule has 0 saturated carbocycles. The molecular formula is C16H19ClN2O2. The normalized spacial score (nSPS) is 13.0. The number of benzene rings is 1. The largest absolute Gasteiger partial charge is 0.495 e. The Bertz CT molecular complexity index is 587. The van der Waals surface area contributed by atoms with Crippen LogP contribution in [0.2, 0.25) is 0 Å². The monoisotopic (exact) mass is 306 g/mol. The number of nitrogens with one attached hydrogen (secondary N) is 1. The summed E-state index contributed by atoms with van der Waals surface area (Å²) in [7, 11) is 1.63. The highest BCUT2D eigenvalue weighted by Gasteiger charge is 2.09. The summed E-state index contributed by atoms with van der Waals surface area (Å²) in [6.07, 6.45) is 2.80. The van der Waals surface area contributed by atoms with E-state index in [-0.39, 0.29) is 12.4 Å². The van der Waals surface area contributed by atoms with Crippen molar-refractivity contribution < 1.29 is 9.47 Å².